The molecule has 1 N–H and O–H groups in total. The molecule has 0 spiro atoms. The van der Waals surface area contributed by atoms with Crippen LogP contribution in [0.15, 0.2) is 91.3 Å². The Kier molecular flexibility index (Phi) is 11.7. The summed E-state index contributed by atoms with van der Waals surface area (Å²) in [7, 11) is 0. The van der Waals surface area contributed by atoms with E-state index in [4.69, 9.17) is 9.47 Å². The van der Waals surface area contributed by atoms with Crippen LogP contribution in [0, 0.1) is 11.8 Å². The van der Waals surface area contributed by atoms with Crippen LogP contribution in [0.25, 0.3) is 22.5 Å². The zero-order valence-corrected chi connectivity index (χ0v) is 30.7. The highest BCUT2D eigenvalue weighted by Crippen LogP contribution is 2.37. The maximum absolute atomic E-state index is 13.6. The minimum absolute atomic E-state index is 0.0801. The molecule has 1 saturated heterocycles. The highest BCUT2D eigenvalue weighted by atomic mass is 16.6. The van der Waals surface area contributed by atoms with Gasteiger partial charge in [-0.25, -0.2) is 14.8 Å². The van der Waals surface area contributed by atoms with Gasteiger partial charge in [0.1, 0.15) is 18.2 Å². The molecule has 52 heavy (non-hydrogen) atoms. The van der Waals surface area contributed by atoms with Crippen LogP contribution in [0.1, 0.15) is 82.4 Å². The molecule has 1 atom stereocenters. The zero-order valence-electron chi connectivity index (χ0n) is 30.7. The molecule has 0 radical (unpaired) electrons. The van der Waals surface area contributed by atoms with E-state index in [1.807, 2.05) is 87.8 Å². The van der Waals surface area contributed by atoms with Crippen LogP contribution < -0.4 is 5.32 Å². The molecule has 1 aromatic heterocycles. The number of hydrogen-bond donors (Lipinski definition) is 1. The first-order valence-corrected chi connectivity index (χ1v) is 18.5. The molecule has 272 valence electrons. The largest absolute Gasteiger partial charge is 0.460 e. The number of aromatic nitrogens is 2. The van der Waals surface area contributed by atoms with Crippen LogP contribution in [0.5, 0.6) is 0 Å². The van der Waals surface area contributed by atoms with Gasteiger partial charge in [0.25, 0.3) is 0 Å². The van der Waals surface area contributed by atoms with E-state index >= 15 is 0 Å². The van der Waals surface area contributed by atoms with Gasteiger partial charge in [-0.1, -0.05) is 92.2 Å². The lowest BCUT2D eigenvalue weighted by Gasteiger charge is -2.40. The standard InChI is InChI=1S/C43H50N4O5/c1-5-29-11-15-32(16-12-29)33-19-21-34(22-20-33)36-24-44-39(45-25-36)35-17-13-30(14-18-35)23-38(46-42(50)51-28-31-9-7-6-8-10-31)40(48)47-26-37(27-47)41(49)52-43(2,3)4/h6-10,13-14,17-22,24-25,29,32,37-38H,5,11-12,15-16,23,26-28H2,1-4H3,(H,46,50)/t29?,32?,38-/m0/s1. The molecule has 2 fully saturated rings. The number of likely N-dealkylation sites (tertiary alicyclic amines) is 1. The number of amides is 2. The Labute approximate surface area is 307 Å². The number of nitrogens with one attached hydrogen (secondary N) is 1. The van der Waals surface area contributed by atoms with E-state index < -0.39 is 23.7 Å². The third kappa shape index (κ3) is 9.63. The monoisotopic (exact) mass is 702 g/mol. The van der Waals surface area contributed by atoms with Crippen LogP contribution >= 0.6 is 0 Å². The first-order valence-electron chi connectivity index (χ1n) is 18.5. The summed E-state index contributed by atoms with van der Waals surface area (Å²) in [5, 5.41) is 2.77. The van der Waals surface area contributed by atoms with Crippen molar-refractivity contribution in [1.82, 2.24) is 20.2 Å². The molecule has 1 aliphatic carbocycles. The Bertz CT molecular complexity index is 1790. The van der Waals surface area contributed by atoms with Crippen molar-refractivity contribution in [2.24, 2.45) is 11.8 Å². The number of nitrogens with zero attached hydrogens (tertiary/aromatic N) is 3. The van der Waals surface area contributed by atoms with Gasteiger partial charge in [0.05, 0.1) is 5.92 Å². The maximum atomic E-state index is 13.6. The van der Waals surface area contributed by atoms with E-state index in [-0.39, 0.29) is 38.0 Å². The quantitative estimate of drug-likeness (QED) is 0.157. The molecular weight excluding hydrogens is 652 g/mol. The Morgan fingerprint density at radius 2 is 1.44 bits per heavy atom. The summed E-state index contributed by atoms with van der Waals surface area (Å²) < 4.78 is 10.9. The third-order valence-corrected chi connectivity index (χ3v) is 10.2. The molecule has 1 aliphatic heterocycles. The number of rotatable bonds is 11. The van der Waals surface area contributed by atoms with Crippen LogP contribution in [-0.2, 0) is 32.1 Å². The van der Waals surface area contributed by atoms with Crippen molar-refractivity contribution in [3.8, 4) is 22.5 Å². The number of esters is 1. The van der Waals surface area contributed by atoms with Gasteiger partial charge in [-0.3, -0.25) is 9.59 Å². The van der Waals surface area contributed by atoms with Crippen molar-refractivity contribution < 1.29 is 23.9 Å². The molecule has 0 unspecified atom stereocenters. The van der Waals surface area contributed by atoms with Gasteiger partial charge in [-0.15, -0.1) is 0 Å². The Hall–Kier alpha value is -5.05. The fourth-order valence-corrected chi connectivity index (χ4v) is 7.02. The summed E-state index contributed by atoms with van der Waals surface area (Å²) in [6, 6.07) is 25.0. The van der Waals surface area contributed by atoms with Crippen molar-refractivity contribution in [3.05, 3.63) is 108 Å². The molecule has 0 bridgehead atoms. The summed E-state index contributed by atoms with van der Waals surface area (Å²) in [5.74, 6) is 1.14. The Balaban J connectivity index is 1.08. The van der Waals surface area contributed by atoms with Gasteiger partial charge in [-0.05, 0) is 80.5 Å². The number of carbonyl (C=O) groups excluding carboxylic acids is 3. The number of alkyl carbamates (subject to hydrolysis) is 1. The van der Waals surface area contributed by atoms with E-state index in [2.05, 4.69) is 46.5 Å². The SMILES string of the molecule is CCC1CCC(c2ccc(-c3cnc(-c4ccc(C[C@H](NC(=O)OCc5ccccc5)C(=O)N5CC(C(=O)OC(C)(C)C)C5)cc4)nc3)cc2)CC1. The van der Waals surface area contributed by atoms with Crippen LogP contribution in [0.2, 0.25) is 0 Å². The van der Waals surface area contributed by atoms with Crippen LogP contribution in [0.4, 0.5) is 4.79 Å². The lowest BCUT2D eigenvalue weighted by atomic mass is 9.78. The highest BCUT2D eigenvalue weighted by Gasteiger charge is 2.41. The van der Waals surface area contributed by atoms with Gasteiger partial charge >= 0.3 is 12.1 Å². The normalized spacial score (nSPS) is 18.2. The van der Waals surface area contributed by atoms with Crippen molar-refractivity contribution in [1.29, 1.82) is 0 Å². The number of carbonyl (C=O) groups is 3. The minimum Gasteiger partial charge on any atom is -0.460 e. The van der Waals surface area contributed by atoms with Gasteiger partial charge in [0, 0.05) is 43.0 Å². The van der Waals surface area contributed by atoms with Crippen molar-refractivity contribution in [2.45, 2.75) is 90.4 Å². The van der Waals surface area contributed by atoms with Crippen LogP contribution in [0.3, 0.4) is 0 Å². The lowest BCUT2D eigenvalue weighted by Crippen LogP contribution is -2.59. The van der Waals surface area contributed by atoms with E-state index in [0.29, 0.717) is 11.7 Å². The third-order valence-electron chi connectivity index (χ3n) is 10.2. The van der Waals surface area contributed by atoms with Crippen molar-refractivity contribution in [2.75, 3.05) is 13.1 Å². The van der Waals surface area contributed by atoms with E-state index in [9.17, 15) is 14.4 Å². The molecule has 4 aromatic rings. The predicted octanol–water partition coefficient (Wildman–Crippen LogP) is 8.13. The first kappa shape index (κ1) is 36.7. The van der Waals surface area contributed by atoms with E-state index in [1.165, 1.54) is 37.7 Å². The van der Waals surface area contributed by atoms with Crippen molar-refractivity contribution >= 4 is 18.0 Å². The molecule has 6 rings (SSSR count). The van der Waals surface area contributed by atoms with Gasteiger partial charge in [0.15, 0.2) is 5.82 Å². The summed E-state index contributed by atoms with van der Waals surface area (Å²) >= 11 is 0. The predicted molar refractivity (Wildman–Crippen MR) is 201 cm³/mol. The second kappa shape index (κ2) is 16.5. The number of hydrogen-bond acceptors (Lipinski definition) is 7. The van der Waals surface area contributed by atoms with E-state index in [0.717, 1.165) is 33.7 Å². The maximum Gasteiger partial charge on any atom is 0.408 e. The minimum atomic E-state index is -0.887. The molecule has 2 heterocycles. The fraction of sp³-hybridized carbons (Fsp3) is 0.419. The molecular formula is C43H50N4O5. The smallest absolute Gasteiger partial charge is 0.408 e. The molecule has 2 aliphatic rings. The molecule has 9 nitrogen and oxygen atoms in total. The van der Waals surface area contributed by atoms with Gasteiger partial charge in [0.2, 0.25) is 5.91 Å². The van der Waals surface area contributed by atoms with Crippen molar-refractivity contribution in [3.63, 3.8) is 0 Å². The summed E-state index contributed by atoms with van der Waals surface area (Å²) in [6.45, 7) is 8.31. The van der Waals surface area contributed by atoms with Gasteiger partial charge in [-0.2, -0.15) is 0 Å². The summed E-state index contributed by atoms with van der Waals surface area (Å²) in [4.78, 5) is 49.9. The van der Waals surface area contributed by atoms with E-state index in [1.54, 1.807) is 4.90 Å². The number of ether oxygens (including phenoxy) is 2. The second-order valence-corrected chi connectivity index (χ2v) is 15.2. The second-order valence-electron chi connectivity index (χ2n) is 15.2. The van der Waals surface area contributed by atoms with Crippen LogP contribution in [-0.4, -0.2) is 57.6 Å². The summed E-state index contributed by atoms with van der Waals surface area (Å²) in [5.41, 5.74) is 5.41. The highest BCUT2D eigenvalue weighted by molar-refractivity contribution is 5.88. The Morgan fingerprint density at radius 1 is 0.808 bits per heavy atom. The average molecular weight is 703 g/mol. The lowest BCUT2D eigenvalue weighted by molar-refractivity contribution is -0.168. The molecule has 3 aromatic carbocycles. The molecule has 9 heteroatoms. The number of benzene rings is 3. The molecule has 1 saturated carbocycles. The first-order chi connectivity index (χ1) is 25.0. The Morgan fingerprint density at radius 3 is 2.06 bits per heavy atom. The zero-order chi connectivity index (χ0) is 36.7. The summed E-state index contributed by atoms with van der Waals surface area (Å²) in [6.07, 6.45) is 9.76. The van der Waals surface area contributed by atoms with Gasteiger partial charge < -0.3 is 19.7 Å². The molecule has 2 amide bonds. The topological polar surface area (TPSA) is 111 Å². The average Bonchev–Trinajstić information content (AvgIpc) is 3.13. The fourth-order valence-electron chi connectivity index (χ4n) is 7.02.